The summed E-state index contributed by atoms with van der Waals surface area (Å²) >= 11 is 0. The third-order valence-corrected chi connectivity index (χ3v) is 21.0. The van der Waals surface area contributed by atoms with Crippen molar-refractivity contribution in [2.75, 3.05) is 56.9 Å². The van der Waals surface area contributed by atoms with E-state index in [1.807, 2.05) is 37.2 Å². The highest BCUT2D eigenvalue weighted by Gasteiger charge is 2.37. The summed E-state index contributed by atoms with van der Waals surface area (Å²) in [4.78, 5) is 68.3. The molecule has 27 heteroatoms. The molecule has 0 fully saturated rings. The van der Waals surface area contributed by atoms with Gasteiger partial charge in [-0.05, 0) is 125 Å². The highest BCUT2D eigenvalue weighted by atomic mass is 32.2. The Labute approximate surface area is 612 Å². The van der Waals surface area contributed by atoms with Crippen molar-refractivity contribution < 1.29 is 82.9 Å². The number of hydrogen-bond donors (Lipinski definition) is 4. The van der Waals surface area contributed by atoms with Gasteiger partial charge in [-0.1, -0.05) is 153 Å². The number of unbranched alkanes of at least 4 members (excludes halogenated alkanes) is 22. The van der Waals surface area contributed by atoms with Crippen molar-refractivity contribution in [3.8, 4) is 11.5 Å². The van der Waals surface area contributed by atoms with Gasteiger partial charge >= 0.3 is 11.9 Å². The van der Waals surface area contributed by atoms with Crippen LogP contribution >= 0.6 is 7.82 Å². The highest BCUT2D eigenvalue weighted by Crippen LogP contribution is 2.47. The van der Waals surface area contributed by atoms with Gasteiger partial charge < -0.3 is 75.8 Å². The number of nitrogens with one attached hydrogen (secondary N) is 1. The Kier molecular flexibility index (Phi) is 38.7. The maximum absolute atomic E-state index is 13.8. The van der Waals surface area contributed by atoms with Crippen LogP contribution in [0.1, 0.15) is 264 Å². The van der Waals surface area contributed by atoms with Gasteiger partial charge in [0.05, 0.1) is 68.1 Å². The molecule has 578 valence electrons. The number of carboxylic acid groups (broad SMARTS) is 1. The number of quaternary nitrogens is 3. The maximum atomic E-state index is 13.8. The zero-order valence-electron chi connectivity index (χ0n) is 63.1. The van der Waals surface area contributed by atoms with E-state index in [0.29, 0.717) is 35.0 Å². The Hall–Kier alpha value is -6.42. The molecule has 0 aromatic heterocycles. The minimum Gasteiger partial charge on any atom is -0.756 e. The van der Waals surface area contributed by atoms with Gasteiger partial charge in [-0.15, -0.1) is 0 Å². The third kappa shape index (κ3) is 29.8. The molecule has 3 aromatic carbocycles. The number of ether oxygens (including phenoxy) is 3. The fraction of sp³-hybridized carbons (Fsp3) is 0.592. The molecule has 0 radical (unpaired) electrons. The molecule has 3 aliphatic heterocycles. The number of carboxylic acids is 1. The standard InChI is InChI=1S/C76H110N3O18PS2.3H3N/c1-9-11-13-15-17-19-21-23-25-27-29-31-33-35-37-39-70(80)93-52-59(96-71(81)40-38-36-34-32-30-28-26-24-22-20-18-16-14-12-10-2)53-95-98(85,86)94-44-43-77-73(82)56-41-42-60(63(45-56)74(83)84)72-64-46-61-57(54-99(87,88)89)50-75(3,4)78(7)66(61)48-68(64)97-69-49-67-62(47-65(69)72)58(55-100(90,91)92)51-76(5,6)79(67)8;;;/h23-26,41-42,45-51,59H,9-22,27-40,43-44,52-55H2,1-8H3,(H4-,77,82,83,84,85,86,87,88,89,90,91,92);3*1H3/b25-23-,26-24-;;;/t59-;;;/m1.../s1. The quantitative estimate of drug-likeness (QED) is 0.00797. The summed E-state index contributed by atoms with van der Waals surface area (Å²) in [5, 5.41) is 16.6. The predicted molar refractivity (Wildman–Crippen MR) is 403 cm³/mol. The van der Waals surface area contributed by atoms with Crippen LogP contribution in [-0.4, -0.2) is 119 Å². The van der Waals surface area contributed by atoms with Crippen molar-refractivity contribution in [1.29, 1.82) is 0 Å². The van der Waals surface area contributed by atoms with Crippen molar-refractivity contribution in [3.63, 3.8) is 0 Å². The second-order valence-electron chi connectivity index (χ2n) is 27.7. The van der Waals surface area contributed by atoms with Gasteiger partial charge in [-0.3, -0.25) is 18.9 Å². The van der Waals surface area contributed by atoms with Crippen molar-refractivity contribution in [1.82, 2.24) is 28.3 Å². The topological polar surface area (TPSA) is 420 Å². The average molecular weight is 1500 g/mol. The Morgan fingerprint density at radius 2 is 1.13 bits per heavy atom. The second kappa shape index (κ2) is 43.9. The number of nitrogens with zero attached hydrogens (tertiary/aromatic N) is 2. The fourth-order valence-electron chi connectivity index (χ4n) is 12.8. The van der Waals surface area contributed by atoms with E-state index >= 15 is 0 Å². The SMILES string of the molecule is CCCCCCCC/C=C\CCCCCCCC(=O)OC[C@H](COP(=O)([O-])OCCNC(=O)c1ccc(C2=c3cc4c(cc3Oc3cc5c(cc32)C(CS(=O)(=O)[O-])=CC(C)(C)N5C)=[N+](C)C(C)(C)C=C4CS(=O)(=O)[O-])c(C(=O)[O-])c1)OC(=O)CCCCCCC/C=C\CCCCCCCC.[NH4+].[NH4+].[NH4+]. The van der Waals surface area contributed by atoms with Crippen LogP contribution in [0.25, 0.3) is 16.7 Å². The van der Waals surface area contributed by atoms with Crippen molar-refractivity contribution >= 4 is 74.3 Å². The van der Waals surface area contributed by atoms with Crippen LogP contribution in [0, 0.1) is 0 Å². The molecule has 3 aromatic rings. The number of carbonyl (C=O) groups is 4. The third-order valence-electron chi connectivity index (χ3n) is 18.7. The summed E-state index contributed by atoms with van der Waals surface area (Å²) in [6, 6.07) is 10.1. The monoisotopic (exact) mass is 1500 g/mol. The molecule has 2 atom stereocenters. The molecule has 1 unspecified atom stereocenters. The Morgan fingerprint density at radius 1 is 0.621 bits per heavy atom. The van der Waals surface area contributed by atoms with E-state index in [2.05, 4.69) is 43.5 Å². The predicted octanol–water partition coefficient (Wildman–Crippen LogP) is 13.3. The van der Waals surface area contributed by atoms with Crippen LogP contribution in [-0.2, 0) is 52.9 Å². The zero-order valence-corrected chi connectivity index (χ0v) is 65.7. The molecule has 103 heavy (non-hydrogen) atoms. The molecule has 3 heterocycles. The van der Waals surface area contributed by atoms with E-state index in [9.17, 15) is 59.7 Å². The van der Waals surface area contributed by atoms with E-state index < -0.39 is 112 Å². The average Bonchev–Trinajstić information content (AvgIpc) is 0.719. The first-order chi connectivity index (χ1) is 47.4. The van der Waals surface area contributed by atoms with E-state index in [1.165, 1.54) is 89.2 Å². The van der Waals surface area contributed by atoms with Gasteiger partial charge in [-0.25, -0.2) is 21.4 Å². The normalized spacial score (nSPS) is 15.2. The van der Waals surface area contributed by atoms with Gasteiger partial charge in [0.1, 0.15) is 25.2 Å². The molecule has 6 rings (SSSR count). The minimum atomic E-state index is -5.17. The van der Waals surface area contributed by atoms with Gasteiger partial charge in [-0.2, -0.15) is 0 Å². The number of hydrogen-bond acceptors (Lipinski definition) is 19. The van der Waals surface area contributed by atoms with Gasteiger partial charge in [0, 0.05) is 85.1 Å². The molecular weight excluding hydrogens is 1380 g/mol. The molecular formula is C76H119N6O18PS2. The summed E-state index contributed by atoms with van der Waals surface area (Å²) in [6.45, 7) is 9.45. The number of fused-ring (bicyclic) bond motifs is 4. The molecule has 0 bridgehead atoms. The second-order valence-corrected chi connectivity index (χ2v) is 31.9. The molecule has 0 spiro atoms. The Morgan fingerprint density at radius 3 is 1.65 bits per heavy atom. The minimum absolute atomic E-state index is 0. The molecule has 3 aliphatic rings. The number of rotatable bonds is 47. The van der Waals surface area contributed by atoms with Gasteiger partial charge in [0.2, 0.25) is 5.36 Å². The van der Waals surface area contributed by atoms with Crippen molar-refractivity contribution in [2.45, 2.75) is 239 Å². The summed E-state index contributed by atoms with van der Waals surface area (Å²) in [6.07, 6.45) is 39.5. The molecule has 24 nitrogen and oxygen atoms in total. The number of allylic oxidation sites excluding steroid dienone is 4. The first-order valence-corrected chi connectivity index (χ1v) is 40.7. The number of anilines is 1. The van der Waals surface area contributed by atoms with E-state index in [4.69, 9.17) is 23.3 Å². The number of aromatic carboxylic acids is 1. The number of likely N-dealkylation sites (N-methyl/N-ethyl adjacent to an activating group) is 2. The lowest BCUT2D eigenvalue weighted by molar-refractivity contribution is -0.255. The van der Waals surface area contributed by atoms with Crippen molar-refractivity contribution in [2.24, 2.45) is 0 Å². The van der Waals surface area contributed by atoms with Gasteiger partial charge in [0.25, 0.3) is 13.7 Å². The lowest BCUT2D eigenvalue weighted by atomic mass is 9.83. The zero-order chi connectivity index (χ0) is 73.1. The number of amides is 1. The van der Waals surface area contributed by atoms with E-state index in [-0.39, 0.29) is 81.4 Å². The van der Waals surface area contributed by atoms with Crippen molar-refractivity contribution in [3.05, 3.63) is 123 Å². The first kappa shape index (κ1) is 90.8. The highest BCUT2D eigenvalue weighted by molar-refractivity contribution is 7.86. The van der Waals surface area contributed by atoms with E-state index in [0.717, 1.165) is 83.1 Å². The van der Waals surface area contributed by atoms with Crippen LogP contribution in [0.3, 0.4) is 0 Å². The Balaban J connectivity index is 0.00000919. The number of benzene rings is 3. The fourth-order valence-corrected chi connectivity index (χ4v) is 14.7. The van der Waals surface area contributed by atoms with Crippen LogP contribution in [0.5, 0.6) is 11.5 Å². The molecule has 13 N–H and O–H groups in total. The van der Waals surface area contributed by atoms with E-state index in [1.54, 1.807) is 50.5 Å². The number of phosphoric ester groups is 1. The lowest BCUT2D eigenvalue weighted by Gasteiger charge is -2.42. The summed E-state index contributed by atoms with van der Waals surface area (Å²) in [5.74, 6) is -5.16. The summed E-state index contributed by atoms with van der Waals surface area (Å²) in [7, 11) is -11.3. The first-order valence-electron chi connectivity index (χ1n) is 36.0. The maximum Gasteiger partial charge on any atom is 0.306 e. The van der Waals surface area contributed by atoms with Crippen LogP contribution in [0.4, 0.5) is 5.69 Å². The smallest absolute Gasteiger partial charge is 0.306 e. The van der Waals surface area contributed by atoms with Crippen LogP contribution in [0.15, 0.2) is 78.9 Å². The van der Waals surface area contributed by atoms with Gasteiger partial charge in [0.15, 0.2) is 11.6 Å². The summed E-state index contributed by atoms with van der Waals surface area (Å²) < 4.78 is 118. The van der Waals surface area contributed by atoms with Crippen LogP contribution in [0.2, 0.25) is 0 Å². The molecule has 0 saturated heterocycles. The lowest BCUT2D eigenvalue weighted by Crippen LogP contribution is -2.47. The number of phosphoric acid groups is 1. The number of carbonyl (C=O) groups excluding carboxylic acids is 4. The largest absolute Gasteiger partial charge is 0.756 e. The molecule has 0 saturated carbocycles. The van der Waals surface area contributed by atoms with Crippen LogP contribution < -0.4 is 58.6 Å². The molecule has 1 amide bonds. The number of esters is 2. The Bertz CT molecular complexity index is 3850. The summed E-state index contributed by atoms with van der Waals surface area (Å²) in [5.41, 5.74) is -0.577. The molecule has 0 aliphatic carbocycles.